The summed E-state index contributed by atoms with van der Waals surface area (Å²) in [6, 6.07) is 0. The van der Waals surface area contributed by atoms with Crippen molar-refractivity contribution in [1.29, 1.82) is 0 Å². The van der Waals surface area contributed by atoms with E-state index in [0.29, 0.717) is 19.8 Å². The van der Waals surface area contributed by atoms with Crippen LogP contribution >= 0.6 is 7.60 Å². The molecule has 6 nitrogen and oxygen atoms in total. The molecular weight excluding hydrogens is 245 g/mol. The summed E-state index contributed by atoms with van der Waals surface area (Å²) in [5.41, 5.74) is 0. The third-order valence-electron chi connectivity index (χ3n) is 1.77. The van der Waals surface area contributed by atoms with E-state index in [1.54, 1.807) is 32.7 Å². The molecule has 0 saturated carbocycles. The van der Waals surface area contributed by atoms with Gasteiger partial charge in [0.2, 0.25) is 0 Å². The average Bonchev–Trinajstić information content (AvgIpc) is 2.17. The molecule has 102 valence electrons. The molecule has 0 amide bonds. The van der Waals surface area contributed by atoms with Gasteiger partial charge in [0.25, 0.3) is 0 Å². The van der Waals surface area contributed by atoms with E-state index in [-0.39, 0.29) is 18.8 Å². The Morgan fingerprint density at radius 3 is 2.06 bits per heavy atom. The number of carbonyl (C=O) groups is 1. The maximum absolute atomic E-state index is 12.1. The van der Waals surface area contributed by atoms with E-state index in [0.717, 1.165) is 0 Å². The lowest BCUT2D eigenvalue weighted by Crippen LogP contribution is -2.29. The monoisotopic (exact) mass is 267 g/mol. The van der Waals surface area contributed by atoms with Crippen molar-refractivity contribution in [3.63, 3.8) is 0 Å². The van der Waals surface area contributed by atoms with E-state index in [9.17, 15) is 9.36 Å². The Bertz CT molecular complexity index is 261. The van der Waals surface area contributed by atoms with Gasteiger partial charge in [0, 0.05) is 0 Å². The Hall–Kier alpha value is -0.420. The van der Waals surface area contributed by atoms with Crippen LogP contribution in [0.1, 0.15) is 20.8 Å². The molecule has 0 bridgehead atoms. The van der Waals surface area contributed by atoms with Crippen LogP contribution in [0.15, 0.2) is 0 Å². The summed E-state index contributed by atoms with van der Waals surface area (Å²) in [5, 5.41) is 0. The van der Waals surface area contributed by atoms with Gasteiger partial charge < -0.3 is 13.8 Å². The average molecular weight is 267 g/mol. The van der Waals surface area contributed by atoms with Crippen molar-refractivity contribution in [1.82, 2.24) is 4.90 Å². The highest BCUT2D eigenvalue weighted by Crippen LogP contribution is 2.48. The Morgan fingerprint density at radius 2 is 1.65 bits per heavy atom. The van der Waals surface area contributed by atoms with Gasteiger partial charge in [-0.05, 0) is 27.8 Å². The zero-order chi connectivity index (χ0) is 13.3. The highest BCUT2D eigenvalue weighted by Gasteiger charge is 2.26. The molecule has 0 heterocycles. The van der Waals surface area contributed by atoms with Crippen LogP contribution in [0.4, 0.5) is 0 Å². The summed E-state index contributed by atoms with van der Waals surface area (Å²) >= 11 is 0. The van der Waals surface area contributed by atoms with E-state index < -0.39 is 7.60 Å². The second kappa shape index (κ2) is 8.64. The Morgan fingerprint density at radius 1 is 1.12 bits per heavy atom. The van der Waals surface area contributed by atoms with Crippen molar-refractivity contribution in [3.05, 3.63) is 0 Å². The molecule has 0 aromatic carbocycles. The number of rotatable bonds is 9. The van der Waals surface area contributed by atoms with Crippen molar-refractivity contribution >= 4 is 13.6 Å². The lowest BCUT2D eigenvalue weighted by atomic mass is 10.6. The van der Waals surface area contributed by atoms with Gasteiger partial charge in [-0.1, -0.05) is 0 Å². The fourth-order valence-corrected chi connectivity index (χ4v) is 3.00. The second-order valence-electron chi connectivity index (χ2n) is 3.41. The van der Waals surface area contributed by atoms with E-state index >= 15 is 0 Å². The van der Waals surface area contributed by atoms with E-state index in [2.05, 4.69) is 0 Å². The first-order chi connectivity index (χ1) is 7.97. The number of ether oxygens (including phenoxy) is 1. The minimum absolute atomic E-state index is 0.0674. The number of nitrogens with zero attached hydrogens (tertiary/aromatic N) is 1. The molecule has 7 heteroatoms. The normalized spacial score (nSPS) is 11.8. The lowest BCUT2D eigenvalue weighted by molar-refractivity contribution is -0.143. The molecular formula is C10H22NO5P. The van der Waals surface area contributed by atoms with E-state index in [1.165, 1.54) is 0 Å². The maximum atomic E-state index is 12.1. The van der Waals surface area contributed by atoms with Crippen LogP contribution < -0.4 is 0 Å². The minimum atomic E-state index is -3.13. The van der Waals surface area contributed by atoms with Gasteiger partial charge in [-0.3, -0.25) is 14.3 Å². The van der Waals surface area contributed by atoms with Crippen LogP contribution in [0.25, 0.3) is 0 Å². The van der Waals surface area contributed by atoms with Gasteiger partial charge >= 0.3 is 13.6 Å². The quantitative estimate of drug-likeness (QED) is 0.468. The molecule has 0 atom stereocenters. The van der Waals surface area contributed by atoms with Crippen molar-refractivity contribution < 1.29 is 23.1 Å². The molecule has 0 spiro atoms. The maximum Gasteiger partial charge on any atom is 0.344 e. The molecule has 0 saturated heterocycles. The van der Waals surface area contributed by atoms with Crippen LogP contribution in [-0.4, -0.2) is 50.6 Å². The van der Waals surface area contributed by atoms with Gasteiger partial charge in [0.15, 0.2) is 0 Å². The van der Waals surface area contributed by atoms with Crippen LogP contribution in [0.5, 0.6) is 0 Å². The topological polar surface area (TPSA) is 65.1 Å². The molecule has 0 aliphatic heterocycles. The Labute approximate surface area is 103 Å². The van der Waals surface area contributed by atoms with Crippen LogP contribution in [0.3, 0.4) is 0 Å². The first-order valence-corrected chi connectivity index (χ1v) is 7.42. The summed E-state index contributed by atoms with van der Waals surface area (Å²) in [5.74, 6) is -0.352. The molecule has 17 heavy (non-hydrogen) atoms. The number of esters is 1. The first-order valence-electron chi connectivity index (χ1n) is 5.69. The molecule has 0 aliphatic carbocycles. The first kappa shape index (κ1) is 16.6. The Balaban J connectivity index is 4.25. The number of carbonyl (C=O) groups excluding carboxylic acids is 1. The number of hydrogen-bond acceptors (Lipinski definition) is 6. The van der Waals surface area contributed by atoms with E-state index in [4.69, 9.17) is 13.8 Å². The summed E-state index contributed by atoms with van der Waals surface area (Å²) < 4.78 is 27.2. The zero-order valence-corrected chi connectivity index (χ0v) is 11.9. The molecule has 0 rings (SSSR count). The predicted molar refractivity (Wildman–Crippen MR) is 65.0 cm³/mol. The fourth-order valence-electron chi connectivity index (χ4n) is 1.29. The standard InChI is InChI=1S/C10H22NO5P/c1-5-14-10(12)8-11(4)9-17(13,15-6-2)16-7-3/h5-9H2,1-4H3. The second-order valence-corrected chi connectivity index (χ2v) is 5.43. The van der Waals surface area contributed by atoms with Crippen molar-refractivity contribution in [2.75, 3.05) is 39.7 Å². The fraction of sp³-hybridized carbons (Fsp3) is 0.900. The molecule has 0 aromatic rings. The summed E-state index contributed by atoms with van der Waals surface area (Å²) in [6.45, 7) is 6.26. The van der Waals surface area contributed by atoms with E-state index in [1.807, 2.05) is 0 Å². The lowest BCUT2D eigenvalue weighted by Gasteiger charge is -2.22. The Kier molecular flexibility index (Phi) is 8.43. The largest absolute Gasteiger partial charge is 0.465 e. The zero-order valence-electron chi connectivity index (χ0n) is 11.0. The van der Waals surface area contributed by atoms with Gasteiger partial charge in [-0.2, -0.15) is 0 Å². The van der Waals surface area contributed by atoms with Gasteiger partial charge in [-0.15, -0.1) is 0 Å². The summed E-state index contributed by atoms with van der Waals surface area (Å²) in [4.78, 5) is 12.8. The third-order valence-corrected chi connectivity index (χ3v) is 3.90. The molecule has 0 N–H and O–H groups in total. The number of likely N-dealkylation sites (N-methyl/N-ethyl adjacent to an activating group) is 1. The van der Waals surface area contributed by atoms with Crippen LogP contribution in [0, 0.1) is 0 Å². The van der Waals surface area contributed by atoms with Crippen LogP contribution in [0.2, 0.25) is 0 Å². The highest BCUT2D eigenvalue weighted by atomic mass is 31.2. The van der Waals surface area contributed by atoms with Gasteiger partial charge in [-0.25, -0.2) is 0 Å². The summed E-state index contributed by atoms with van der Waals surface area (Å²) in [6.07, 6.45) is 0.0769. The minimum Gasteiger partial charge on any atom is -0.465 e. The van der Waals surface area contributed by atoms with Gasteiger partial charge in [0.1, 0.15) is 6.29 Å². The molecule has 0 fully saturated rings. The smallest absolute Gasteiger partial charge is 0.344 e. The molecule has 0 aromatic heterocycles. The van der Waals surface area contributed by atoms with Crippen molar-refractivity contribution in [3.8, 4) is 0 Å². The molecule has 0 unspecified atom stereocenters. The van der Waals surface area contributed by atoms with Gasteiger partial charge in [0.05, 0.1) is 26.4 Å². The highest BCUT2D eigenvalue weighted by molar-refractivity contribution is 7.53. The summed E-state index contributed by atoms with van der Waals surface area (Å²) in [7, 11) is -1.46. The SMILES string of the molecule is CCOC(=O)CN(C)CP(=O)(OCC)OCC. The van der Waals surface area contributed by atoms with Crippen molar-refractivity contribution in [2.45, 2.75) is 20.8 Å². The predicted octanol–water partition coefficient (Wildman–Crippen LogP) is 1.70. The van der Waals surface area contributed by atoms with Crippen molar-refractivity contribution in [2.24, 2.45) is 0 Å². The number of hydrogen-bond donors (Lipinski definition) is 0. The third kappa shape index (κ3) is 7.49. The molecule has 0 aliphatic rings. The molecule has 0 radical (unpaired) electrons. The van der Waals surface area contributed by atoms with Crippen LogP contribution in [-0.2, 0) is 23.1 Å².